The summed E-state index contributed by atoms with van der Waals surface area (Å²) >= 11 is 0. The van der Waals surface area contributed by atoms with Crippen LogP contribution in [-0.4, -0.2) is 58.4 Å². The molecule has 1 fully saturated rings. The number of ether oxygens (including phenoxy) is 2. The predicted molar refractivity (Wildman–Crippen MR) is 119 cm³/mol. The summed E-state index contributed by atoms with van der Waals surface area (Å²) in [5.41, 5.74) is 3.50. The fraction of sp³-hybridized carbons (Fsp3) is 0.500. The molecule has 4 rings (SSSR count). The fourth-order valence-electron chi connectivity index (χ4n) is 4.68. The van der Waals surface area contributed by atoms with Crippen molar-refractivity contribution < 1.29 is 22.1 Å². The number of morpholine rings is 1. The van der Waals surface area contributed by atoms with Gasteiger partial charge in [-0.2, -0.15) is 8.42 Å². The van der Waals surface area contributed by atoms with Gasteiger partial charge in [0.25, 0.3) is 10.1 Å². The summed E-state index contributed by atoms with van der Waals surface area (Å²) in [6, 6.07) is 13.2. The number of hydrogen-bond acceptors (Lipinski definition) is 6. The largest absolute Gasteiger partial charge is 0.496 e. The second-order valence-corrected chi connectivity index (χ2v) is 10.0. The molecule has 31 heavy (non-hydrogen) atoms. The van der Waals surface area contributed by atoms with Gasteiger partial charge in [0, 0.05) is 19.0 Å². The summed E-state index contributed by atoms with van der Waals surface area (Å²) in [5.74, 6) is 0.891. The number of aryl methyl sites for hydroxylation is 1. The summed E-state index contributed by atoms with van der Waals surface area (Å²) < 4.78 is 42.6. The van der Waals surface area contributed by atoms with Gasteiger partial charge in [0.1, 0.15) is 5.75 Å². The predicted octanol–water partition coefficient (Wildman–Crippen LogP) is 3.36. The molecule has 2 aliphatic rings. The summed E-state index contributed by atoms with van der Waals surface area (Å²) in [6.07, 6.45) is 2.38. The highest BCUT2D eigenvalue weighted by atomic mass is 32.2. The average molecular weight is 446 g/mol. The van der Waals surface area contributed by atoms with Gasteiger partial charge >= 0.3 is 0 Å². The minimum Gasteiger partial charge on any atom is -0.496 e. The zero-order valence-electron chi connectivity index (χ0n) is 18.4. The zero-order chi connectivity index (χ0) is 22.0. The highest BCUT2D eigenvalue weighted by Crippen LogP contribution is 2.35. The van der Waals surface area contributed by atoms with Crippen LogP contribution in [0.2, 0.25) is 0 Å². The first-order chi connectivity index (χ1) is 14.9. The molecule has 1 heterocycles. The van der Waals surface area contributed by atoms with Gasteiger partial charge < -0.3 is 9.47 Å². The Hall–Kier alpha value is -1.93. The Kier molecular flexibility index (Phi) is 6.67. The summed E-state index contributed by atoms with van der Waals surface area (Å²) in [5, 5.41) is 0. The van der Waals surface area contributed by atoms with Crippen LogP contribution in [-0.2, 0) is 31.9 Å². The van der Waals surface area contributed by atoms with Crippen molar-refractivity contribution in [1.82, 2.24) is 4.90 Å². The molecule has 0 N–H and O–H groups in total. The van der Waals surface area contributed by atoms with E-state index in [1.54, 1.807) is 31.4 Å². The SMILES string of the molecule is CCCN1C[C@@H](COS(=O)(=O)c2ccc(C)cc2)O[C@@H]2Cc3c(cccc3OC)C[C@H]21. The maximum Gasteiger partial charge on any atom is 0.297 e. The second kappa shape index (κ2) is 9.28. The number of rotatable bonds is 7. The Morgan fingerprint density at radius 3 is 2.61 bits per heavy atom. The lowest BCUT2D eigenvalue weighted by Gasteiger charge is -2.47. The standard InChI is InChI=1S/C24H31NO5S/c1-4-12-25-15-19(16-29-31(26,27)20-10-8-17(2)9-11-20)30-24-14-21-18(13-22(24)25)6-5-7-23(21)28-3/h5-11,19,22,24H,4,12-16H2,1-3H3/t19-,22+,24+/m0/s1. The molecule has 0 aromatic heterocycles. The van der Waals surface area contributed by atoms with Gasteiger partial charge in [-0.3, -0.25) is 9.08 Å². The lowest BCUT2D eigenvalue weighted by Crippen LogP contribution is -2.59. The monoisotopic (exact) mass is 445 g/mol. The Labute approximate surface area is 185 Å². The Balaban J connectivity index is 1.49. The maximum absolute atomic E-state index is 12.6. The molecule has 1 aliphatic heterocycles. The van der Waals surface area contributed by atoms with Gasteiger partial charge in [-0.25, -0.2) is 0 Å². The van der Waals surface area contributed by atoms with Crippen LogP contribution in [0.3, 0.4) is 0 Å². The van der Waals surface area contributed by atoms with Crippen molar-refractivity contribution in [3.63, 3.8) is 0 Å². The van der Waals surface area contributed by atoms with Crippen LogP contribution in [0.25, 0.3) is 0 Å². The second-order valence-electron chi connectivity index (χ2n) is 8.42. The van der Waals surface area contributed by atoms with E-state index in [0.29, 0.717) is 6.54 Å². The van der Waals surface area contributed by atoms with Crippen molar-refractivity contribution in [3.05, 3.63) is 59.2 Å². The summed E-state index contributed by atoms with van der Waals surface area (Å²) in [6.45, 7) is 5.71. The number of fused-ring (bicyclic) bond motifs is 2. The molecule has 0 radical (unpaired) electrons. The van der Waals surface area contributed by atoms with Gasteiger partial charge in [0.05, 0.1) is 30.8 Å². The number of nitrogens with zero attached hydrogens (tertiary/aromatic N) is 1. The highest BCUT2D eigenvalue weighted by Gasteiger charge is 2.41. The van der Waals surface area contributed by atoms with Crippen molar-refractivity contribution in [3.8, 4) is 5.75 Å². The third-order valence-corrected chi connectivity index (χ3v) is 7.51. The molecule has 0 unspecified atom stereocenters. The molecule has 0 saturated carbocycles. The minimum absolute atomic E-state index is 0.0123. The van der Waals surface area contributed by atoms with E-state index in [-0.39, 0.29) is 29.8 Å². The van der Waals surface area contributed by atoms with E-state index < -0.39 is 10.1 Å². The van der Waals surface area contributed by atoms with Gasteiger partial charge in [-0.1, -0.05) is 36.8 Å². The van der Waals surface area contributed by atoms with Gasteiger partial charge in [0.2, 0.25) is 0 Å². The smallest absolute Gasteiger partial charge is 0.297 e. The third-order valence-electron chi connectivity index (χ3n) is 6.22. The normalized spacial score (nSPS) is 23.8. The van der Waals surface area contributed by atoms with Crippen LogP contribution in [0.1, 0.15) is 30.0 Å². The van der Waals surface area contributed by atoms with Crippen molar-refractivity contribution in [2.45, 2.75) is 56.3 Å². The molecule has 0 spiro atoms. The first-order valence-corrected chi connectivity index (χ1v) is 12.3. The quantitative estimate of drug-likeness (QED) is 0.609. The number of hydrogen-bond donors (Lipinski definition) is 0. The van der Waals surface area contributed by atoms with Crippen molar-refractivity contribution >= 4 is 10.1 Å². The molecule has 168 valence electrons. The van der Waals surface area contributed by atoms with Gasteiger partial charge in [-0.15, -0.1) is 0 Å². The Morgan fingerprint density at radius 1 is 1.13 bits per heavy atom. The fourth-order valence-corrected chi connectivity index (χ4v) is 5.62. The topological polar surface area (TPSA) is 65.1 Å². The lowest BCUT2D eigenvalue weighted by atomic mass is 9.83. The van der Waals surface area contributed by atoms with E-state index >= 15 is 0 Å². The van der Waals surface area contributed by atoms with Gasteiger partial charge in [-0.05, 0) is 55.6 Å². The van der Waals surface area contributed by atoms with E-state index in [1.807, 2.05) is 19.1 Å². The molecule has 0 bridgehead atoms. The summed E-state index contributed by atoms with van der Waals surface area (Å²) in [4.78, 5) is 2.61. The van der Waals surface area contributed by atoms with Crippen molar-refractivity contribution in [2.75, 3.05) is 26.8 Å². The molecule has 2 aromatic rings. The molecule has 1 aliphatic carbocycles. The maximum atomic E-state index is 12.6. The van der Waals surface area contributed by atoms with Crippen LogP contribution in [0, 0.1) is 6.92 Å². The van der Waals surface area contributed by atoms with Crippen LogP contribution in [0.4, 0.5) is 0 Å². The Bertz CT molecular complexity index is 1010. The molecule has 6 nitrogen and oxygen atoms in total. The van der Waals surface area contributed by atoms with E-state index in [1.165, 1.54) is 11.1 Å². The zero-order valence-corrected chi connectivity index (χ0v) is 19.2. The van der Waals surface area contributed by atoms with E-state index in [4.69, 9.17) is 13.7 Å². The van der Waals surface area contributed by atoms with Gasteiger partial charge in [0.15, 0.2) is 0 Å². The third kappa shape index (κ3) is 4.80. The van der Waals surface area contributed by atoms with Crippen LogP contribution >= 0.6 is 0 Å². The molecule has 1 saturated heterocycles. The number of methoxy groups -OCH3 is 1. The molecular formula is C24H31NO5S. The average Bonchev–Trinajstić information content (AvgIpc) is 2.76. The van der Waals surface area contributed by atoms with Crippen molar-refractivity contribution in [1.29, 1.82) is 0 Å². The van der Waals surface area contributed by atoms with Crippen molar-refractivity contribution in [2.24, 2.45) is 0 Å². The molecule has 3 atom stereocenters. The Morgan fingerprint density at radius 2 is 1.90 bits per heavy atom. The van der Waals surface area contributed by atoms with Crippen LogP contribution in [0.5, 0.6) is 5.75 Å². The highest BCUT2D eigenvalue weighted by molar-refractivity contribution is 7.86. The summed E-state index contributed by atoms with van der Waals surface area (Å²) in [7, 11) is -2.12. The van der Waals surface area contributed by atoms with E-state index in [0.717, 1.165) is 37.1 Å². The molecule has 2 aromatic carbocycles. The van der Waals surface area contributed by atoms with Crippen LogP contribution in [0.15, 0.2) is 47.4 Å². The molecule has 0 amide bonds. The first kappa shape index (κ1) is 22.3. The van der Waals surface area contributed by atoms with Crippen LogP contribution < -0.4 is 4.74 Å². The first-order valence-electron chi connectivity index (χ1n) is 10.9. The van der Waals surface area contributed by atoms with E-state index in [9.17, 15) is 8.42 Å². The number of benzene rings is 2. The minimum atomic E-state index is -3.81. The lowest BCUT2D eigenvalue weighted by molar-refractivity contribution is -0.132. The molecule has 7 heteroatoms. The molecular weight excluding hydrogens is 414 g/mol. The van der Waals surface area contributed by atoms with E-state index in [2.05, 4.69) is 17.9 Å².